The Labute approximate surface area is 133 Å². The fraction of sp³-hybridized carbons (Fsp3) is 0.312. The molecule has 0 aliphatic heterocycles. The number of hydrogen-bond acceptors (Lipinski definition) is 4. The van der Waals surface area contributed by atoms with Gasteiger partial charge in [0, 0.05) is 18.3 Å². The van der Waals surface area contributed by atoms with E-state index in [2.05, 4.69) is 10.3 Å². The van der Waals surface area contributed by atoms with Crippen LogP contribution in [0.15, 0.2) is 23.6 Å². The summed E-state index contributed by atoms with van der Waals surface area (Å²) in [7, 11) is 0. The molecule has 0 atom stereocenters. The summed E-state index contributed by atoms with van der Waals surface area (Å²) in [6, 6.07) is 5.98. The maximum Gasteiger partial charge on any atom is 0.355 e. The number of aromatic nitrogens is 1. The molecular formula is C16H18N2O3S. The average Bonchev–Trinajstić information content (AvgIpc) is 2.92. The van der Waals surface area contributed by atoms with Gasteiger partial charge in [0.25, 0.3) is 0 Å². The van der Waals surface area contributed by atoms with Gasteiger partial charge in [-0.1, -0.05) is 18.2 Å². The molecule has 0 saturated carbocycles. The normalized spacial score (nSPS) is 10.5. The van der Waals surface area contributed by atoms with Crippen molar-refractivity contribution in [1.29, 1.82) is 0 Å². The molecule has 0 bridgehead atoms. The number of thiazole rings is 1. The zero-order chi connectivity index (χ0) is 16.1. The Balaban J connectivity index is 1.84. The summed E-state index contributed by atoms with van der Waals surface area (Å²) in [5.41, 5.74) is 3.34. The van der Waals surface area contributed by atoms with Crippen molar-refractivity contribution in [3.63, 3.8) is 0 Å². The summed E-state index contributed by atoms with van der Waals surface area (Å²) in [6.07, 6.45) is 0.896. The minimum absolute atomic E-state index is 0.0348. The third-order valence-corrected chi connectivity index (χ3v) is 4.32. The van der Waals surface area contributed by atoms with Crippen LogP contribution in [-0.2, 0) is 17.6 Å². The Morgan fingerprint density at radius 2 is 1.95 bits per heavy atom. The van der Waals surface area contributed by atoms with Crippen LogP contribution in [0.2, 0.25) is 0 Å². The van der Waals surface area contributed by atoms with Gasteiger partial charge in [0.2, 0.25) is 5.91 Å². The number of aryl methyl sites for hydroxylation is 2. The first kappa shape index (κ1) is 16.2. The van der Waals surface area contributed by atoms with Crippen molar-refractivity contribution >= 4 is 23.2 Å². The molecule has 0 aliphatic rings. The highest BCUT2D eigenvalue weighted by Crippen LogP contribution is 2.14. The van der Waals surface area contributed by atoms with Gasteiger partial charge in [0.05, 0.1) is 11.4 Å². The van der Waals surface area contributed by atoms with E-state index in [0.29, 0.717) is 24.4 Å². The van der Waals surface area contributed by atoms with E-state index in [-0.39, 0.29) is 11.6 Å². The number of nitrogens with one attached hydrogen (secondary N) is 1. The van der Waals surface area contributed by atoms with Crippen LogP contribution in [0.1, 0.15) is 32.2 Å². The molecule has 0 radical (unpaired) electrons. The Kier molecular flexibility index (Phi) is 5.27. The van der Waals surface area contributed by atoms with Crippen molar-refractivity contribution in [2.75, 3.05) is 6.54 Å². The average molecular weight is 318 g/mol. The van der Waals surface area contributed by atoms with Crippen molar-refractivity contribution in [1.82, 2.24) is 10.3 Å². The molecule has 1 heterocycles. The monoisotopic (exact) mass is 318 g/mol. The van der Waals surface area contributed by atoms with E-state index in [1.807, 2.05) is 32.0 Å². The van der Waals surface area contributed by atoms with E-state index in [1.165, 1.54) is 16.7 Å². The maximum atomic E-state index is 12.0. The number of nitrogens with zero attached hydrogens (tertiary/aromatic N) is 1. The van der Waals surface area contributed by atoms with Gasteiger partial charge in [-0.3, -0.25) is 4.79 Å². The van der Waals surface area contributed by atoms with Gasteiger partial charge in [-0.15, -0.1) is 11.3 Å². The molecule has 6 heteroatoms. The van der Waals surface area contributed by atoms with E-state index in [0.717, 1.165) is 16.7 Å². The highest BCUT2D eigenvalue weighted by atomic mass is 32.1. The standard InChI is InChI=1S/C16H18N2O3S/c1-10-4-3-5-11(2)12(10)8-14(19)17-7-6-15-18-13(9-22-15)16(20)21/h3-5,9H,6-8H2,1-2H3,(H,17,19)(H,20,21). The lowest BCUT2D eigenvalue weighted by Crippen LogP contribution is -2.27. The van der Waals surface area contributed by atoms with Crippen molar-refractivity contribution in [3.05, 3.63) is 51.0 Å². The molecule has 0 unspecified atom stereocenters. The highest BCUT2D eigenvalue weighted by molar-refractivity contribution is 7.09. The summed E-state index contributed by atoms with van der Waals surface area (Å²) < 4.78 is 0. The molecule has 1 aromatic heterocycles. The molecule has 2 N–H and O–H groups in total. The number of aromatic carboxylic acids is 1. The van der Waals surface area contributed by atoms with E-state index in [1.54, 1.807) is 0 Å². The van der Waals surface area contributed by atoms with Gasteiger partial charge in [0.1, 0.15) is 0 Å². The van der Waals surface area contributed by atoms with E-state index < -0.39 is 5.97 Å². The number of amides is 1. The molecular weight excluding hydrogens is 300 g/mol. The zero-order valence-electron chi connectivity index (χ0n) is 12.5. The van der Waals surface area contributed by atoms with Gasteiger partial charge >= 0.3 is 5.97 Å². The van der Waals surface area contributed by atoms with Crippen LogP contribution in [-0.4, -0.2) is 28.5 Å². The molecule has 1 amide bonds. The summed E-state index contributed by atoms with van der Waals surface area (Å²) in [6.45, 7) is 4.45. The Bertz CT molecular complexity index is 674. The molecule has 22 heavy (non-hydrogen) atoms. The van der Waals surface area contributed by atoms with Crippen molar-refractivity contribution in [3.8, 4) is 0 Å². The predicted octanol–water partition coefficient (Wildman–Crippen LogP) is 2.36. The lowest BCUT2D eigenvalue weighted by molar-refractivity contribution is -0.120. The Hall–Kier alpha value is -2.21. The topological polar surface area (TPSA) is 79.3 Å². The number of carbonyl (C=O) groups excluding carboxylic acids is 1. The van der Waals surface area contributed by atoms with Crippen molar-refractivity contribution in [2.45, 2.75) is 26.7 Å². The maximum absolute atomic E-state index is 12.0. The molecule has 5 nitrogen and oxygen atoms in total. The fourth-order valence-electron chi connectivity index (χ4n) is 2.18. The molecule has 2 rings (SSSR count). The smallest absolute Gasteiger partial charge is 0.355 e. The second-order valence-electron chi connectivity index (χ2n) is 5.08. The van der Waals surface area contributed by atoms with Crippen molar-refractivity contribution in [2.24, 2.45) is 0 Å². The molecule has 0 fully saturated rings. The van der Waals surface area contributed by atoms with Gasteiger partial charge < -0.3 is 10.4 Å². The van der Waals surface area contributed by atoms with Crippen LogP contribution in [0.3, 0.4) is 0 Å². The third kappa shape index (κ3) is 4.14. The van der Waals surface area contributed by atoms with Crippen LogP contribution >= 0.6 is 11.3 Å². The minimum Gasteiger partial charge on any atom is -0.476 e. The molecule has 116 valence electrons. The molecule has 1 aromatic carbocycles. The predicted molar refractivity (Wildman–Crippen MR) is 85.4 cm³/mol. The van der Waals surface area contributed by atoms with Crippen LogP contribution in [0.25, 0.3) is 0 Å². The minimum atomic E-state index is -1.03. The first-order valence-electron chi connectivity index (χ1n) is 6.97. The van der Waals surface area contributed by atoms with Crippen LogP contribution in [0.5, 0.6) is 0 Å². The summed E-state index contributed by atoms with van der Waals surface area (Å²) in [5.74, 6) is -1.06. The number of hydrogen-bond donors (Lipinski definition) is 2. The summed E-state index contributed by atoms with van der Waals surface area (Å²) in [5, 5.41) is 13.9. The van der Waals surface area contributed by atoms with Crippen LogP contribution < -0.4 is 5.32 Å². The number of rotatable bonds is 6. The van der Waals surface area contributed by atoms with Gasteiger partial charge in [-0.2, -0.15) is 0 Å². The van der Waals surface area contributed by atoms with E-state index in [9.17, 15) is 9.59 Å². The van der Waals surface area contributed by atoms with Gasteiger partial charge in [-0.05, 0) is 30.5 Å². The lowest BCUT2D eigenvalue weighted by atomic mass is 10.00. The highest BCUT2D eigenvalue weighted by Gasteiger charge is 2.10. The quantitative estimate of drug-likeness (QED) is 0.857. The number of carboxylic acids is 1. The van der Waals surface area contributed by atoms with Crippen molar-refractivity contribution < 1.29 is 14.7 Å². The first-order valence-corrected chi connectivity index (χ1v) is 7.85. The first-order chi connectivity index (χ1) is 10.5. The van der Waals surface area contributed by atoms with Crippen LogP contribution in [0.4, 0.5) is 0 Å². The fourth-order valence-corrected chi connectivity index (χ4v) is 2.96. The lowest BCUT2D eigenvalue weighted by Gasteiger charge is -2.09. The second kappa shape index (κ2) is 7.17. The number of benzene rings is 1. The summed E-state index contributed by atoms with van der Waals surface area (Å²) in [4.78, 5) is 26.7. The Morgan fingerprint density at radius 1 is 1.27 bits per heavy atom. The molecule has 0 aliphatic carbocycles. The Morgan fingerprint density at radius 3 is 2.55 bits per heavy atom. The van der Waals surface area contributed by atoms with Crippen LogP contribution in [0, 0.1) is 13.8 Å². The van der Waals surface area contributed by atoms with Gasteiger partial charge in [0.15, 0.2) is 5.69 Å². The molecule has 0 saturated heterocycles. The zero-order valence-corrected chi connectivity index (χ0v) is 13.4. The summed E-state index contributed by atoms with van der Waals surface area (Å²) >= 11 is 1.30. The number of carboxylic acid groups (broad SMARTS) is 1. The number of carbonyl (C=O) groups is 2. The molecule has 2 aromatic rings. The third-order valence-electron chi connectivity index (χ3n) is 3.41. The van der Waals surface area contributed by atoms with E-state index in [4.69, 9.17) is 5.11 Å². The van der Waals surface area contributed by atoms with E-state index >= 15 is 0 Å². The molecule has 0 spiro atoms. The largest absolute Gasteiger partial charge is 0.476 e. The SMILES string of the molecule is Cc1cccc(C)c1CC(=O)NCCc1nc(C(=O)O)cs1. The van der Waals surface area contributed by atoms with Gasteiger partial charge in [-0.25, -0.2) is 9.78 Å². The second-order valence-corrected chi connectivity index (χ2v) is 6.02.